The first kappa shape index (κ1) is 13.8. The summed E-state index contributed by atoms with van der Waals surface area (Å²) in [7, 11) is 0. The maximum absolute atomic E-state index is 12.0. The first-order chi connectivity index (χ1) is 8.94. The lowest BCUT2D eigenvalue weighted by atomic mass is 9.91. The molecule has 1 saturated heterocycles. The average molecular weight is 269 g/mol. The molecule has 5 N–H and O–H groups in total. The fraction of sp³-hybridized carbons (Fsp3) is 0.750. The smallest absolute Gasteiger partial charge is 0.326 e. The molecule has 2 rings (SSSR count). The summed E-state index contributed by atoms with van der Waals surface area (Å²) < 4.78 is 0. The van der Waals surface area contributed by atoms with Crippen molar-refractivity contribution in [3.8, 4) is 0 Å². The third kappa shape index (κ3) is 3.04. The zero-order valence-electron chi connectivity index (χ0n) is 10.6. The van der Waals surface area contributed by atoms with E-state index in [2.05, 4.69) is 10.6 Å². The number of carbonyl (C=O) groups excluding carboxylic acids is 2. The van der Waals surface area contributed by atoms with Crippen LogP contribution in [0.2, 0.25) is 0 Å². The topological polar surface area (TPSA) is 122 Å². The summed E-state index contributed by atoms with van der Waals surface area (Å²) in [5, 5.41) is 14.6. The van der Waals surface area contributed by atoms with Gasteiger partial charge in [0.15, 0.2) is 0 Å². The molecule has 1 aliphatic carbocycles. The molecule has 0 radical (unpaired) electrons. The fourth-order valence-electron chi connectivity index (χ4n) is 2.87. The third-order valence-electron chi connectivity index (χ3n) is 4.13. The minimum Gasteiger partial charge on any atom is -0.480 e. The number of amides is 2. The van der Waals surface area contributed by atoms with E-state index in [9.17, 15) is 14.4 Å². The van der Waals surface area contributed by atoms with Crippen LogP contribution in [0.15, 0.2) is 0 Å². The first-order valence-corrected chi connectivity index (χ1v) is 6.47. The van der Waals surface area contributed by atoms with Crippen molar-refractivity contribution in [3.05, 3.63) is 0 Å². The molecule has 7 nitrogen and oxygen atoms in total. The quantitative estimate of drug-likeness (QED) is 0.500. The van der Waals surface area contributed by atoms with Crippen LogP contribution in [-0.2, 0) is 14.4 Å². The molecule has 7 heteroatoms. The molecule has 1 spiro atoms. The Balaban J connectivity index is 1.90. The Bertz CT molecular complexity index is 404. The second-order valence-electron chi connectivity index (χ2n) is 5.44. The van der Waals surface area contributed by atoms with Crippen LogP contribution in [0.3, 0.4) is 0 Å². The fourth-order valence-corrected chi connectivity index (χ4v) is 2.87. The SMILES string of the molecule is NC(=O)CC(NC(=O)C1CC12CCNCC2)C(=O)O. The van der Waals surface area contributed by atoms with Crippen LogP contribution >= 0.6 is 0 Å². The normalized spacial score (nSPS) is 25.6. The summed E-state index contributed by atoms with van der Waals surface area (Å²) in [5.74, 6) is -2.35. The van der Waals surface area contributed by atoms with Gasteiger partial charge < -0.3 is 21.5 Å². The van der Waals surface area contributed by atoms with Crippen LogP contribution in [0.5, 0.6) is 0 Å². The summed E-state index contributed by atoms with van der Waals surface area (Å²) in [5.41, 5.74) is 5.02. The minimum absolute atomic E-state index is 0.0467. The van der Waals surface area contributed by atoms with Gasteiger partial charge in [-0.3, -0.25) is 9.59 Å². The molecule has 1 saturated carbocycles. The van der Waals surface area contributed by atoms with E-state index >= 15 is 0 Å². The highest BCUT2D eigenvalue weighted by molar-refractivity contribution is 5.90. The van der Waals surface area contributed by atoms with Gasteiger partial charge in [0.2, 0.25) is 11.8 Å². The van der Waals surface area contributed by atoms with E-state index in [-0.39, 0.29) is 23.7 Å². The predicted octanol–water partition coefficient (Wildman–Crippen LogP) is -1.18. The molecule has 1 aliphatic heterocycles. The molecule has 2 aliphatic rings. The van der Waals surface area contributed by atoms with Gasteiger partial charge in [-0.2, -0.15) is 0 Å². The van der Waals surface area contributed by atoms with Gasteiger partial charge in [-0.25, -0.2) is 4.79 Å². The molecule has 2 atom stereocenters. The lowest BCUT2D eigenvalue weighted by Crippen LogP contribution is -2.45. The van der Waals surface area contributed by atoms with Gasteiger partial charge in [-0.15, -0.1) is 0 Å². The lowest BCUT2D eigenvalue weighted by molar-refractivity contribution is -0.143. The van der Waals surface area contributed by atoms with Gasteiger partial charge in [0.1, 0.15) is 6.04 Å². The second kappa shape index (κ2) is 5.16. The molecule has 2 fully saturated rings. The molecule has 0 bridgehead atoms. The Morgan fingerprint density at radius 1 is 1.37 bits per heavy atom. The van der Waals surface area contributed by atoms with E-state index in [4.69, 9.17) is 10.8 Å². The van der Waals surface area contributed by atoms with Crippen molar-refractivity contribution in [2.24, 2.45) is 17.1 Å². The Morgan fingerprint density at radius 3 is 2.53 bits per heavy atom. The van der Waals surface area contributed by atoms with E-state index in [1.54, 1.807) is 0 Å². The summed E-state index contributed by atoms with van der Waals surface area (Å²) in [4.78, 5) is 33.8. The molecule has 2 amide bonds. The van der Waals surface area contributed by atoms with E-state index in [0.717, 1.165) is 32.4 Å². The highest BCUT2D eigenvalue weighted by Gasteiger charge is 2.57. The molecular formula is C12H19N3O4. The van der Waals surface area contributed by atoms with Crippen molar-refractivity contribution in [2.45, 2.75) is 31.7 Å². The molecule has 0 aromatic carbocycles. The van der Waals surface area contributed by atoms with Gasteiger partial charge in [-0.1, -0.05) is 0 Å². The van der Waals surface area contributed by atoms with Crippen molar-refractivity contribution in [2.75, 3.05) is 13.1 Å². The zero-order valence-corrected chi connectivity index (χ0v) is 10.6. The number of piperidine rings is 1. The van der Waals surface area contributed by atoms with Crippen molar-refractivity contribution in [3.63, 3.8) is 0 Å². The van der Waals surface area contributed by atoms with Crippen LogP contribution in [-0.4, -0.2) is 42.0 Å². The number of hydrogen-bond donors (Lipinski definition) is 4. The largest absolute Gasteiger partial charge is 0.480 e. The maximum Gasteiger partial charge on any atom is 0.326 e. The Hall–Kier alpha value is -1.63. The van der Waals surface area contributed by atoms with Crippen LogP contribution in [0.25, 0.3) is 0 Å². The van der Waals surface area contributed by atoms with Gasteiger partial charge in [0.25, 0.3) is 0 Å². The molecule has 0 aromatic rings. The molecule has 1 heterocycles. The van der Waals surface area contributed by atoms with Crippen LogP contribution in [0, 0.1) is 11.3 Å². The number of nitrogens with two attached hydrogens (primary N) is 1. The van der Waals surface area contributed by atoms with Crippen LogP contribution in [0.1, 0.15) is 25.7 Å². The van der Waals surface area contributed by atoms with Crippen LogP contribution < -0.4 is 16.4 Å². The summed E-state index contributed by atoms with van der Waals surface area (Å²) >= 11 is 0. The van der Waals surface area contributed by atoms with Gasteiger partial charge in [0.05, 0.1) is 6.42 Å². The van der Waals surface area contributed by atoms with E-state index < -0.39 is 17.9 Å². The highest BCUT2D eigenvalue weighted by atomic mass is 16.4. The molecule has 0 aromatic heterocycles. The van der Waals surface area contributed by atoms with Crippen molar-refractivity contribution < 1.29 is 19.5 Å². The molecule has 19 heavy (non-hydrogen) atoms. The van der Waals surface area contributed by atoms with E-state index in [1.807, 2.05) is 0 Å². The standard InChI is InChI=1S/C12H19N3O4/c13-9(16)5-8(11(18)19)15-10(17)7-6-12(7)1-3-14-4-2-12/h7-8,14H,1-6H2,(H2,13,16)(H,15,17)(H,18,19). The maximum atomic E-state index is 12.0. The monoisotopic (exact) mass is 269 g/mol. The Morgan fingerprint density at radius 2 is 2.00 bits per heavy atom. The molecular weight excluding hydrogens is 250 g/mol. The summed E-state index contributed by atoms with van der Waals surface area (Å²) in [6.07, 6.45) is 2.32. The zero-order chi connectivity index (χ0) is 14.0. The van der Waals surface area contributed by atoms with Crippen molar-refractivity contribution >= 4 is 17.8 Å². The van der Waals surface area contributed by atoms with Crippen molar-refractivity contribution in [1.29, 1.82) is 0 Å². The highest BCUT2D eigenvalue weighted by Crippen LogP contribution is 2.58. The van der Waals surface area contributed by atoms with Gasteiger partial charge >= 0.3 is 5.97 Å². The number of carbonyl (C=O) groups is 3. The molecule has 106 valence electrons. The first-order valence-electron chi connectivity index (χ1n) is 6.47. The number of rotatable bonds is 5. The number of nitrogens with one attached hydrogen (secondary N) is 2. The molecule has 2 unspecified atom stereocenters. The number of carboxylic acids is 1. The number of carboxylic acid groups (broad SMARTS) is 1. The number of primary amides is 1. The minimum atomic E-state index is -1.23. The number of aliphatic carboxylic acids is 1. The average Bonchev–Trinajstić information content (AvgIpc) is 3.02. The summed E-state index contributed by atoms with van der Waals surface area (Å²) in [6, 6.07) is -1.22. The Kier molecular flexibility index (Phi) is 3.75. The predicted molar refractivity (Wildman–Crippen MR) is 66.0 cm³/mol. The van der Waals surface area contributed by atoms with Gasteiger partial charge in [0, 0.05) is 5.92 Å². The Labute approximate surface area is 110 Å². The van der Waals surface area contributed by atoms with E-state index in [1.165, 1.54) is 0 Å². The van der Waals surface area contributed by atoms with Crippen LogP contribution in [0.4, 0.5) is 0 Å². The second-order valence-corrected chi connectivity index (χ2v) is 5.44. The number of hydrogen-bond acceptors (Lipinski definition) is 4. The lowest BCUT2D eigenvalue weighted by Gasteiger charge is -2.23. The van der Waals surface area contributed by atoms with Crippen molar-refractivity contribution in [1.82, 2.24) is 10.6 Å². The third-order valence-corrected chi connectivity index (χ3v) is 4.13. The van der Waals surface area contributed by atoms with E-state index in [0.29, 0.717) is 0 Å². The summed E-state index contributed by atoms with van der Waals surface area (Å²) in [6.45, 7) is 1.79. The van der Waals surface area contributed by atoms with Gasteiger partial charge in [-0.05, 0) is 37.8 Å².